The smallest absolute Gasteiger partial charge is 0.255 e. The maximum absolute atomic E-state index is 13.3. The van der Waals surface area contributed by atoms with Gasteiger partial charge in [0.15, 0.2) is 11.6 Å². The number of hydrogen-bond acceptors (Lipinski definition) is 3. The third-order valence-corrected chi connectivity index (χ3v) is 4.95. The van der Waals surface area contributed by atoms with Gasteiger partial charge < -0.3 is 15.1 Å². The Hall–Kier alpha value is -1.24. The van der Waals surface area contributed by atoms with E-state index in [9.17, 15) is 23.8 Å². The maximum atomic E-state index is 13.3. The van der Waals surface area contributed by atoms with E-state index in [0.717, 1.165) is 12.1 Å². The summed E-state index contributed by atoms with van der Waals surface area (Å²) in [5.74, 6) is -2.46. The molecule has 1 aliphatic heterocycles. The zero-order chi connectivity index (χ0) is 16.0. The zero-order valence-electron chi connectivity index (χ0n) is 11.7. The summed E-state index contributed by atoms with van der Waals surface area (Å²) in [6.07, 6.45) is -0.686. The summed E-state index contributed by atoms with van der Waals surface area (Å²) in [5.41, 5.74) is -0.0692. The number of likely N-dealkylation sites (tertiary alicyclic amines) is 1. The second-order valence-corrected chi connectivity index (χ2v) is 6.49. The minimum Gasteiger partial charge on any atom is -0.390 e. The van der Waals surface area contributed by atoms with Crippen LogP contribution < -0.4 is 0 Å². The first-order valence-corrected chi connectivity index (χ1v) is 7.54. The van der Waals surface area contributed by atoms with Crippen LogP contribution in [0.15, 0.2) is 12.1 Å². The molecule has 1 saturated heterocycles. The van der Waals surface area contributed by atoms with E-state index in [1.165, 1.54) is 4.90 Å². The normalized spacial score (nSPS) is 31.2. The first-order valence-electron chi connectivity index (χ1n) is 7.16. The highest BCUT2D eigenvalue weighted by Gasteiger charge is 2.42. The Bertz CT molecular complexity index is 595. The summed E-state index contributed by atoms with van der Waals surface area (Å²) in [6, 6.07) is 1.60. The van der Waals surface area contributed by atoms with Crippen LogP contribution in [0, 0.1) is 23.5 Å². The number of nitrogens with zero attached hydrogens (tertiary/aromatic N) is 1. The number of aliphatic hydroxyl groups excluding tert-OH is 2. The van der Waals surface area contributed by atoms with E-state index >= 15 is 0 Å². The molecule has 7 heteroatoms. The lowest BCUT2D eigenvalue weighted by Crippen LogP contribution is -2.38. The Morgan fingerprint density at radius 2 is 1.59 bits per heavy atom. The fourth-order valence-corrected chi connectivity index (χ4v) is 3.66. The number of rotatable bonds is 1. The predicted molar refractivity (Wildman–Crippen MR) is 75.5 cm³/mol. The molecule has 0 bridgehead atoms. The predicted octanol–water partition coefficient (Wildman–Crippen LogP) is 1.82. The molecule has 0 aromatic heterocycles. The summed E-state index contributed by atoms with van der Waals surface area (Å²) < 4.78 is 26.4. The van der Waals surface area contributed by atoms with Gasteiger partial charge >= 0.3 is 0 Å². The molecular formula is C15H16ClF2NO3. The Labute approximate surface area is 131 Å². The second kappa shape index (κ2) is 5.76. The quantitative estimate of drug-likeness (QED) is 0.772. The Morgan fingerprint density at radius 3 is 2.14 bits per heavy atom. The van der Waals surface area contributed by atoms with Crippen molar-refractivity contribution in [2.75, 3.05) is 13.1 Å². The first kappa shape index (κ1) is 15.6. The van der Waals surface area contributed by atoms with Crippen molar-refractivity contribution in [2.24, 2.45) is 11.8 Å². The molecule has 1 saturated carbocycles. The van der Waals surface area contributed by atoms with E-state index in [4.69, 9.17) is 11.6 Å². The molecule has 2 aliphatic rings. The fourth-order valence-electron chi connectivity index (χ4n) is 3.43. The molecular weight excluding hydrogens is 316 g/mol. The van der Waals surface area contributed by atoms with Crippen LogP contribution in [0.3, 0.4) is 0 Å². The zero-order valence-corrected chi connectivity index (χ0v) is 12.4. The van der Waals surface area contributed by atoms with Crippen LogP contribution in [0.5, 0.6) is 0 Å². The molecule has 2 N–H and O–H groups in total. The first-order chi connectivity index (χ1) is 10.4. The van der Waals surface area contributed by atoms with E-state index in [-0.39, 0.29) is 22.4 Å². The van der Waals surface area contributed by atoms with Crippen molar-refractivity contribution in [1.29, 1.82) is 0 Å². The summed E-state index contributed by atoms with van der Waals surface area (Å²) in [7, 11) is 0. The standard InChI is InChI=1S/C15H16ClF2NO3/c16-10-4-12(18)11(17)3-9(10)15(22)19-5-7-1-13(20)14(21)2-8(7)6-19/h3-4,7-8,13-14,20-21H,1-2,5-6H2/t7-,8+,13-,14-/m0/s1. The minimum atomic E-state index is -1.12. The summed E-state index contributed by atoms with van der Waals surface area (Å²) in [6.45, 7) is 0.839. The van der Waals surface area contributed by atoms with E-state index in [1.807, 2.05) is 0 Å². The number of hydrogen-bond donors (Lipinski definition) is 2. The van der Waals surface area contributed by atoms with Crippen LogP contribution in [-0.2, 0) is 0 Å². The third-order valence-electron chi connectivity index (χ3n) is 4.64. The highest BCUT2D eigenvalue weighted by molar-refractivity contribution is 6.33. The summed E-state index contributed by atoms with van der Waals surface area (Å²) >= 11 is 5.84. The van der Waals surface area contributed by atoms with Crippen molar-refractivity contribution < 1.29 is 23.8 Å². The number of fused-ring (bicyclic) bond motifs is 1. The van der Waals surface area contributed by atoms with Gasteiger partial charge in [-0.15, -0.1) is 0 Å². The van der Waals surface area contributed by atoms with Crippen molar-refractivity contribution in [3.8, 4) is 0 Å². The van der Waals surface area contributed by atoms with E-state index < -0.39 is 29.7 Å². The van der Waals surface area contributed by atoms with Crippen molar-refractivity contribution in [3.63, 3.8) is 0 Å². The maximum Gasteiger partial charge on any atom is 0.255 e. The molecule has 0 radical (unpaired) electrons. The summed E-state index contributed by atoms with van der Waals surface area (Å²) in [4.78, 5) is 14.0. The third kappa shape index (κ3) is 2.71. The summed E-state index contributed by atoms with van der Waals surface area (Å²) in [5, 5.41) is 19.3. The number of amides is 1. The number of benzene rings is 1. The van der Waals surface area contributed by atoms with Crippen molar-refractivity contribution in [3.05, 3.63) is 34.4 Å². The van der Waals surface area contributed by atoms with Crippen LogP contribution in [0.2, 0.25) is 5.02 Å². The van der Waals surface area contributed by atoms with Gasteiger partial charge in [-0.1, -0.05) is 11.6 Å². The van der Waals surface area contributed by atoms with Crippen molar-refractivity contribution in [1.82, 2.24) is 4.90 Å². The molecule has 1 heterocycles. The Kier molecular flexibility index (Phi) is 4.09. The average Bonchev–Trinajstić information content (AvgIpc) is 2.85. The SMILES string of the molecule is O=C(c1cc(F)c(F)cc1Cl)N1C[C@H]2C[C@H](O)[C@@H](O)C[C@H]2C1. The molecule has 0 spiro atoms. The highest BCUT2D eigenvalue weighted by atomic mass is 35.5. The second-order valence-electron chi connectivity index (χ2n) is 6.08. The molecule has 3 rings (SSSR count). The van der Waals surface area contributed by atoms with Gasteiger partial charge in [-0.05, 0) is 36.8 Å². The molecule has 2 fully saturated rings. The van der Waals surface area contributed by atoms with Gasteiger partial charge in [0.2, 0.25) is 0 Å². The lowest BCUT2D eigenvalue weighted by atomic mass is 9.79. The largest absolute Gasteiger partial charge is 0.390 e. The van der Waals surface area contributed by atoms with Crippen molar-refractivity contribution >= 4 is 17.5 Å². The molecule has 1 aromatic carbocycles. The van der Waals surface area contributed by atoms with Gasteiger partial charge in [0.1, 0.15) is 0 Å². The molecule has 0 unspecified atom stereocenters. The fraction of sp³-hybridized carbons (Fsp3) is 0.533. The molecule has 120 valence electrons. The van der Waals surface area contributed by atoms with Crippen LogP contribution in [0.25, 0.3) is 0 Å². The monoisotopic (exact) mass is 331 g/mol. The van der Waals surface area contributed by atoms with Crippen LogP contribution in [-0.4, -0.2) is 46.3 Å². The lowest BCUT2D eigenvalue weighted by Gasteiger charge is -2.31. The van der Waals surface area contributed by atoms with Crippen LogP contribution in [0.4, 0.5) is 8.78 Å². The molecule has 4 nitrogen and oxygen atoms in total. The van der Waals surface area contributed by atoms with Crippen LogP contribution in [0.1, 0.15) is 23.2 Å². The minimum absolute atomic E-state index is 0.0692. The van der Waals surface area contributed by atoms with Crippen LogP contribution >= 0.6 is 11.6 Å². The van der Waals surface area contributed by atoms with Crippen molar-refractivity contribution in [2.45, 2.75) is 25.0 Å². The van der Waals surface area contributed by atoms with Gasteiger partial charge in [0.25, 0.3) is 5.91 Å². The van der Waals surface area contributed by atoms with E-state index in [0.29, 0.717) is 25.9 Å². The number of aliphatic hydroxyl groups is 2. The van der Waals surface area contributed by atoms with Gasteiger partial charge in [-0.3, -0.25) is 4.79 Å². The van der Waals surface area contributed by atoms with E-state index in [1.54, 1.807) is 0 Å². The molecule has 1 aliphatic carbocycles. The Balaban J connectivity index is 1.79. The molecule has 22 heavy (non-hydrogen) atoms. The molecule has 1 amide bonds. The highest BCUT2D eigenvalue weighted by Crippen LogP contribution is 2.37. The molecule has 1 aromatic rings. The van der Waals surface area contributed by atoms with Gasteiger partial charge in [-0.2, -0.15) is 0 Å². The topological polar surface area (TPSA) is 60.8 Å². The molecule has 4 atom stereocenters. The number of carbonyl (C=O) groups is 1. The lowest BCUT2D eigenvalue weighted by molar-refractivity contribution is -0.0372. The number of carbonyl (C=O) groups excluding carboxylic acids is 1. The average molecular weight is 332 g/mol. The van der Waals surface area contributed by atoms with Gasteiger partial charge in [-0.25, -0.2) is 8.78 Å². The number of halogens is 3. The van der Waals surface area contributed by atoms with Gasteiger partial charge in [0.05, 0.1) is 22.8 Å². The Morgan fingerprint density at radius 1 is 1.09 bits per heavy atom. The van der Waals surface area contributed by atoms with Gasteiger partial charge in [0, 0.05) is 13.1 Å². The van der Waals surface area contributed by atoms with E-state index in [2.05, 4.69) is 0 Å².